The first-order valence-electron chi connectivity index (χ1n) is 6.32. The molecule has 0 aliphatic carbocycles. The fourth-order valence-electron chi connectivity index (χ4n) is 1.51. The summed E-state index contributed by atoms with van der Waals surface area (Å²) in [6.07, 6.45) is 0. The lowest BCUT2D eigenvalue weighted by atomic mass is 9.81. The van der Waals surface area contributed by atoms with Crippen molar-refractivity contribution >= 4 is 5.91 Å². The van der Waals surface area contributed by atoms with Crippen molar-refractivity contribution in [2.24, 2.45) is 11.3 Å². The van der Waals surface area contributed by atoms with E-state index in [9.17, 15) is 9.90 Å². The molecule has 0 saturated heterocycles. The molecule has 0 saturated carbocycles. The molecular weight excluding hydrogens is 226 g/mol. The molecule has 1 aromatic carbocycles. The molecule has 18 heavy (non-hydrogen) atoms. The first kappa shape index (κ1) is 14.6. The Hall–Kier alpha value is -1.51. The van der Waals surface area contributed by atoms with Gasteiger partial charge in [-0.15, -0.1) is 0 Å². The molecule has 0 aromatic heterocycles. The van der Waals surface area contributed by atoms with Gasteiger partial charge < -0.3 is 10.4 Å². The molecule has 0 bridgehead atoms. The van der Waals surface area contributed by atoms with E-state index in [1.807, 2.05) is 6.92 Å². The average molecular weight is 249 g/mol. The lowest BCUT2D eigenvalue weighted by Crippen LogP contribution is -2.37. The zero-order valence-corrected chi connectivity index (χ0v) is 11.9. The molecule has 0 atom stereocenters. The highest BCUT2D eigenvalue weighted by Gasteiger charge is 2.23. The Morgan fingerprint density at radius 3 is 2.50 bits per heavy atom. The molecule has 0 aliphatic heterocycles. The molecule has 0 unspecified atom stereocenters. The standard InChI is InChI=1S/C15H23NO2/c1-10(2)15(4,5)9-16-14(18)13-7-6-12(17)8-11(13)3/h6-8,10,17H,9H2,1-5H3,(H,16,18). The minimum absolute atomic E-state index is 0.0699. The number of amides is 1. The minimum atomic E-state index is -0.0822. The highest BCUT2D eigenvalue weighted by atomic mass is 16.3. The van der Waals surface area contributed by atoms with Gasteiger partial charge in [-0.3, -0.25) is 4.79 Å². The predicted molar refractivity (Wildman–Crippen MR) is 73.8 cm³/mol. The van der Waals surface area contributed by atoms with Crippen LogP contribution in [0.5, 0.6) is 5.75 Å². The number of carbonyl (C=O) groups is 1. The first-order chi connectivity index (χ1) is 8.24. The zero-order chi connectivity index (χ0) is 13.9. The first-order valence-corrected chi connectivity index (χ1v) is 6.32. The van der Waals surface area contributed by atoms with E-state index in [-0.39, 0.29) is 17.1 Å². The highest BCUT2D eigenvalue weighted by molar-refractivity contribution is 5.95. The second-order valence-electron chi connectivity index (χ2n) is 5.83. The third-order valence-corrected chi connectivity index (χ3v) is 3.72. The smallest absolute Gasteiger partial charge is 0.251 e. The van der Waals surface area contributed by atoms with Gasteiger partial charge in [-0.1, -0.05) is 27.7 Å². The summed E-state index contributed by atoms with van der Waals surface area (Å²) in [6, 6.07) is 4.79. The van der Waals surface area contributed by atoms with Crippen molar-refractivity contribution in [3.63, 3.8) is 0 Å². The van der Waals surface area contributed by atoms with Crippen LogP contribution in [0.4, 0.5) is 0 Å². The van der Waals surface area contributed by atoms with Gasteiger partial charge in [0.05, 0.1) is 0 Å². The zero-order valence-electron chi connectivity index (χ0n) is 11.9. The molecule has 0 spiro atoms. The van der Waals surface area contributed by atoms with E-state index in [2.05, 4.69) is 33.0 Å². The Balaban J connectivity index is 2.72. The van der Waals surface area contributed by atoms with E-state index in [4.69, 9.17) is 0 Å². The summed E-state index contributed by atoms with van der Waals surface area (Å²) in [4.78, 5) is 12.1. The summed E-state index contributed by atoms with van der Waals surface area (Å²) in [5.74, 6) is 0.603. The summed E-state index contributed by atoms with van der Waals surface area (Å²) in [6.45, 7) is 11.0. The van der Waals surface area contributed by atoms with Crippen LogP contribution in [-0.4, -0.2) is 17.6 Å². The molecule has 0 heterocycles. The van der Waals surface area contributed by atoms with Crippen LogP contribution in [0.1, 0.15) is 43.6 Å². The van der Waals surface area contributed by atoms with E-state index in [0.717, 1.165) is 5.56 Å². The molecule has 1 aromatic rings. The van der Waals surface area contributed by atoms with E-state index in [1.165, 1.54) is 6.07 Å². The Kier molecular flexibility index (Phi) is 4.38. The van der Waals surface area contributed by atoms with Gasteiger partial charge in [0.2, 0.25) is 0 Å². The molecule has 3 heteroatoms. The molecule has 1 rings (SSSR count). The third kappa shape index (κ3) is 3.49. The van der Waals surface area contributed by atoms with Gasteiger partial charge >= 0.3 is 0 Å². The summed E-state index contributed by atoms with van der Waals surface area (Å²) < 4.78 is 0. The van der Waals surface area contributed by atoms with Crippen molar-refractivity contribution in [3.8, 4) is 5.75 Å². The fraction of sp³-hybridized carbons (Fsp3) is 0.533. The van der Waals surface area contributed by atoms with Crippen LogP contribution in [-0.2, 0) is 0 Å². The molecule has 2 N–H and O–H groups in total. The van der Waals surface area contributed by atoms with Gasteiger partial charge in [-0.2, -0.15) is 0 Å². The van der Waals surface area contributed by atoms with Crippen molar-refractivity contribution < 1.29 is 9.90 Å². The second-order valence-corrected chi connectivity index (χ2v) is 5.83. The minimum Gasteiger partial charge on any atom is -0.508 e. The van der Waals surface area contributed by atoms with E-state index in [1.54, 1.807) is 12.1 Å². The van der Waals surface area contributed by atoms with Crippen molar-refractivity contribution in [2.75, 3.05) is 6.54 Å². The SMILES string of the molecule is Cc1cc(O)ccc1C(=O)NCC(C)(C)C(C)C. The molecular formula is C15H23NO2. The predicted octanol–water partition coefficient (Wildman–Crippen LogP) is 3.11. The molecule has 0 aliphatic rings. The molecule has 1 amide bonds. The normalized spacial score (nSPS) is 11.7. The molecule has 100 valence electrons. The summed E-state index contributed by atoms with van der Waals surface area (Å²) in [7, 11) is 0. The maximum Gasteiger partial charge on any atom is 0.251 e. The number of phenolic OH excluding ortho intramolecular Hbond substituents is 1. The maximum atomic E-state index is 12.1. The third-order valence-electron chi connectivity index (χ3n) is 3.72. The maximum absolute atomic E-state index is 12.1. The number of aromatic hydroxyl groups is 1. The average Bonchev–Trinajstić information content (AvgIpc) is 2.25. The summed E-state index contributed by atoms with van der Waals surface area (Å²) >= 11 is 0. The lowest BCUT2D eigenvalue weighted by Gasteiger charge is -2.29. The van der Waals surface area contributed by atoms with Crippen molar-refractivity contribution in [3.05, 3.63) is 29.3 Å². The van der Waals surface area contributed by atoms with Gasteiger partial charge in [0, 0.05) is 12.1 Å². The second kappa shape index (κ2) is 5.42. The molecule has 3 nitrogen and oxygen atoms in total. The van der Waals surface area contributed by atoms with E-state index < -0.39 is 0 Å². The Labute approximate surface area is 109 Å². The number of nitrogens with one attached hydrogen (secondary N) is 1. The van der Waals surface area contributed by atoms with Crippen LogP contribution < -0.4 is 5.32 Å². The summed E-state index contributed by atoms with van der Waals surface area (Å²) in [5.41, 5.74) is 1.47. The largest absolute Gasteiger partial charge is 0.508 e. The number of hydrogen-bond acceptors (Lipinski definition) is 2. The number of rotatable bonds is 4. The van der Waals surface area contributed by atoms with Crippen molar-refractivity contribution in [1.29, 1.82) is 0 Å². The summed E-state index contributed by atoms with van der Waals surface area (Å²) in [5, 5.41) is 12.3. The highest BCUT2D eigenvalue weighted by Crippen LogP contribution is 2.25. The number of hydrogen-bond donors (Lipinski definition) is 2. The van der Waals surface area contributed by atoms with Gasteiger partial charge in [0.25, 0.3) is 5.91 Å². The number of carbonyl (C=O) groups excluding carboxylic acids is 1. The van der Waals surface area contributed by atoms with Crippen LogP contribution in [0.15, 0.2) is 18.2 Å². The van der Waals surface area contributed by atoms with E-state index in [0.29, 0.717) is 18.0 Å². The fourth-order valence-corrected chi connectivity index (χ4v) is 1.51. The number of phenols is 1. The lowest BCUT2D eigenvalue weighted by molar-refractivity contribution is 0.0924. The molecule has 0 fully saturated rings. The van der Waals surface area contributed by atoms with Crippen molar-refractivity contribution in [1.82, 2.24) is 5.32 Å². The Bertz CT molecular complexity index is 436. The Morgan fingerprint density at radius 2 is 2.00 bits per heavy atom. The number of aryl methyl sites for hydroxylation is 1. The van der Waals surface area contributed by atoms with Crippen LogP contribution in [0.25, 0.3) is 0 Å². The monoisotopic (exact) mass is 249 g/mol. The van der Waals surface area contributed by atoms with Crippen LogP contribution in [0.2, 0.25) is 0 Å². The van der Waals surface area contributed by atoms with Gasteiger partial charge in [0.1, 0.15) is 5.75 Å². The Morgan fingerprint density at radius 1 is 1.39 bits per heavy atom. The molecule has 0 radical (unpaired) electrons. The van der Waals surface area contributed by atoms with E-state index >= 15 is 0 Å². The van der Waals surface area contributed by atoms with Gasteiger partial charge in [0.15, 0.2) is 0 Å². The van der Waals surface area contributed by atoms with Crippen molar-refractivity contribution in [2.45, 2.75) is 34.6 Å². The number of benzene rings is 1. The van der Waals surface area contributed by atoms with Crippen LogP contribution in [0, 0.1) is 18.3 Å². The van der Waals surface area contributed by atoms with Crippen LogP contribution >= 0.6 is 0 Å². The van der Waals surface area contributed by atoms with Gasteiger partial charge in [-0.25, -0.2) is 0 Å². The topological polar surface area (TPSA) is 49.3 Å². The van der Waals surface area contributed by atoms with Crippen LogP contribution in [0.3, 0.4) is 0 Å². The quantitative estimate of drug-likeness (QED) is 0.861. The van der Waals surface area contributed by atoms with Gasteiger partial charge in [-0.05, 0) is 42.0 Å².